The molecule has 2 rings (SSSR count). The molecule has 0 aliphatic heterocycles. The SMILES string of the molecule is CN(Cc1ccncc1)C(=O)c1cccc(N)c1. The van der Waals surface area contributed by atoms with Crippen molar-refractivity contribution >= 4 is 11.6 Å². The van der Waals surface area contributed by atoms with Gasteiger partial charge < -0.3 is 10.6 Å². The number of amides is 1. The number of aromatic nitrogens is 1. The van der Waals surface area contributed by atoms with Crippen LogP contribution in [-0.2, 0) is 6.54 Å². The Kier molecular flexibility index (Phi) is 3.57. The summed E-state index contributed by atoms with van der Waals surface area (Å²) in [6.45, 7) is 0.552. The first-order valence-electron chi connectivity index (χ1n) is 5.67. The number of rotatable bonds is 3. The Balaban J connectivity index is 2.10. The lowest BCUT2D eigenvalue weighted by Gasteiger charge is -2.17. The van der Waals surface area contributed by atoms with Gasteiger partial charge in [0.2, 0.25) is 0 Å². The molecule has 0 fully saturated rings. The van der Waals surface area contributed by atoms with Crippen molar-refractivity contribution in [2.75, 3.05) is 12.8 Å². The van der Waals surface area contributed by atoms with E-state index in [2.05, 4.69) is 4.98 Å². The quantitative estimate of drug-likeness (QED) is 0.835. The highest BCUT2D eigenvalue weighted by Crippen LogP contribution is 2.11. The number of hydrogen-bond acceptors (Lipinski definition) is 3. The minimum atomic E-state index is -0.0425. The molecule has 0 saturated heterocycles. The van der Waals surface area contributed by atoms with Gasteiger partial charge in [0.15, 0.2) is 0 Å². The second-order valence-corrected chi connectivity index (χ2v) is 4.14. The van der Waals surface area contributed by atoms with Crippen LogP contribution < -0.4 is 5.73 Å². The maximum absolute atomic E-state index is 12.2. The molecule has 0 radical (unpaired) electrons. The highest BCUT2D eigenvalue weighted by atomic mass is 16.2. The Morgan fingerprint density at radius 1 is 1.28 bits per heavy atom. The van der Waals surface area contributed by atoms with E-state index in [1.807, 2.05) is 12.1 Å². The maximum atomic E-state index is 12.2. The van der Waals surface area contributed by atoms with Crippen molar-refractivity contribution in [1.29, 1.82) is 0 Å². The van der Waals surface area contributed by atoms with E-state index in [4.69, 9.17) is 5.73 Å². The van der Waals surface area contributed by atoms with Crippen LogP contribution in [0.15, 0.2) is 48.8 Å². The predicted molar refractivity (Wildman–Crippen MR) is 70.9 cm³/mol. The first kappa shape index (κ1) is 12.1. The molecule has 18 heavy (non-hydrogen) atoms. The number of benzene rings is 1. The zero-order valence-electron chi connectivity index (χ0n) is 10.2. The summed E-state index contributed by atoms with van der Waals surface area (Å²) in [4.78, 5) is 17.8. The normalized spacial score (nSPS) is 10.1. The van der Waals surface area contributed by atoms with Crippen LogP contribution >= 0.6 is 0 Å². The van der Waals surface area contributed by atoms with E-state index >= 15 is 0 Å². The van der Waals surface area contributed by atoms with Gasteiger partial charge in [0.25, 0.3) is 5.91 Å². The third-order valence-corrected chi connectivity index (χ3v) is 2.65. The van der Waals surface area contributed by atoms with Crippen LogP contribution in [-0.4, -0.2) is 22.8 Å². The van der Waals surface area contributed by atoms with Gasteiger partial charge in [-0.1, -0.05) is 6.07 Å². The van der Waals surface area contributed by atoms with Gasteiger partial charge >= 0.3 is 0 Å². The van der Waals surface area contributed by atoms with Gasteiger partial charge in [-0.25, -0.2) is 0 Å². The van der Waals surface area contributed by atoms with Gasteiger partial charge in [-0.3, -0.25) is 9.78 Å². The maximum Gasteiger partial charge on any atom is 0.253 e. The lowest BCUT2D eigenvalue weighted by atomic mass is 10.1. The molecule has 0 bridgehead atoms. The van der Waals surface area contributed by atoms with Gasteiger partial charge in [0, 0.05) is 37.2 Å². The van der Waals surface area contributed by atoms with Gasteiger partial charge in [0.05, 0.1) is 0 Å². The van der Waals surface area contributed by atoms with Crippen LogP contribution in [0.4, 0.5) is 5.69 Å². The van der Waals surface area contributed by atoms with E-state index in [9.17, 15) is 4.79 Å². The first-order valence-corrected chi connectivity index (χ1v) is 5.67. The number of pyridine rings is 1. The molecule has 1 amide bonds. The van der Waals surface area contributed by atoms with Crippen LogP contribution in [0.1, 0.15) is 15.9 Å². The van der Waals surface area contributed by atoms with Crippen molar-refractivity contribution in [3.8, 4) is 0 Å². The number of carbonyl (C=O) groups excluding carboxylic acids is 1. The number of hydrogen-bond donors (Lipinski definition) is 1. The summed E-state index contributed by atoms with van der Waals surface area (Å²) in [7, 11) is 1.77. The van der Waals surface area contributed by atoms with E-state index in [1.165, 1.54) is 0 Å². The molecule has 1 aromatic heterocycles. The molecule has 0 spiro atoms. The number of carbonyl (C=O) groups is 1. The van der Waals surface area contributed by atoms with Crippen LogP contribution in [0.3, 0.4) is 0 Å². The number of nitrogens with zero attached hydrogens (tertiary/aromatic N) is 2. The zero-order valence-corrected chi connectivity index (χ0v) is 10.2. The second-order valence-electron chi connectivity index (χ2n) is 4.14. The Hall–Kier alpha value is -2.36. The number of nitrogen functional groups attached to an aromatic ring is 1. The van der Waals surface area contributed by atoms with Gasteiger partial charge in [-0.2, -0.15) is 0 Å². The molecule has 0 atom stereocenters. The third kappa shape index (κ3) is 2.85. The second kappa shape index (κ2) is 5.31. The molecular weight excluding hydrogens is 226 g/mol. The smallest absolute Gasteiger partial charge is 0.253 e. The van der Waals surface area contributed by atoms with Crippen molar-refractivity contribution in [3.05, 3.63) is 59.9 Å². The Bertz CT molecular complexity index is 540. The highest BCUT2D eigenvalue weighted by Gasteiger charge is 2.11. The molecule has 2 aromatic rings. The van der Waals surface area contributed by atoms with Crippen LogP contribution in [0.5, 0.6) is 0 Å². The monoisotopic (exact) mass is 241 g/mol. The summed E-state index contributed by atoms with van der Waals surface area (Å²) in [6, 6.07) is 10.8. The summed E-state index contributed by atoms with van der Waals surface area (Å²) in [5.41, 5.74) is 7.91. The van der Waals surface area contributed by atoms with Gasteiger partial charge in [-0.05, 0) is 35.9 Å². The van der Waals surface area contributed by atoms with Gasteiger partial charge in [-0.15, -0.1) is 0 Å². The van der Waals surface area contributed by atoms with E-state index in [1.54, 1.807) is 48.6 Å². The molecule has 4 heteroatoms. The molecule has 2 N–H and O–H groups in total. The van der Waals surface area contributed by atoms with Crippen molar-refractivity contribution in [2.45, 2.75) is 6.54 Å². The fourth-order valence-corrected chi connectivity index (χ4v) is 1.73. The molecule has 0 saturated carbocycles. The summed E-state index contributed by atoms with van der Waals surface area (Å²) in [5.74, 6) is -0.0425. The topological polar surface area (TPSA) is 59.2 Å². The molecular formula is C14H15N3O. The number of nitrogens with two attached hydrogens (primary N) is 1. The van der Waals surface area contributed by atoms with Crippen molar-refractivity contribution < 1.29 is 4.79 Å². The van der Waals surface area contributed by atoms with E-state index in [0.717, 1.165) is 5.56 Å². The van der Waals surface area contributed by atoms with E-state index in [0.29, 0.717) is 17.8 Å². The Morgan fingerprint density at radius 2 is 2.00 bits per heavy atom. The summed E-state index contributed by atoms with van der Waals surface area (Å²) in [5, 5.41) is 0. The van der Waals surface area contributed by atoms with Crippen molar-refractivity contribution in [1.82, 2.24) is 9.88 Å². The molecule has 0 unspecified atom stereocenters. The molecule has 1 heterocycles. The first-order chi connectivity index (χ1) is 8.66. The van der Waals surface area contributed by atoms with Crippen LogP contribution in [0.25, 0.3) is 0 Å². The molecule has 1 aromatic carbocycles. The average Bonchev–Trinajstić information content (AvgIpc) is 2.39. The lowest BCUT2D eigenvalue weighted by Crippen LogP contribution is -2.26. The van der Waals surface area contributed by atoms with Crippen LogP contribution in [0, 0.1) is 0 Å². The molecule has 92 valence electrons. The lowest BCUT2D eigenvalue weighted by molar-refractivity contribution is 0.0785. The van der Waals surface area contributed by atoms with Crippen molar-refractivity contribution in [3.63, 3.8) is 0 Å². The van der Waals surface area contributed by atoms with Crippen molar-refractivity contribution in [2.24, 2.45) is 0 Å². The Morgan fingerprint density at radius 3 is 2.67 bits per heavy atom. The van der Waals surface area contributed by atoms with Gasteiger partial charge in [0.1, 0.15) is 0 Å². The largest absolute Gasteiger partial charge is 0.399 e. The standard InChI is InChI=1S/C14H15N3O/c1-17(10-11-5-7-16-8-6-11)14(18)12-3-2-4-13(15)9-12/h2-9H,10,15H2,1H3. The Labute approximate surface area is 106 Å². The summed E-state index contributed by atoms with van der Waals surface area (Å²) in [6.07, 6.45) is 3.43. The fraction of sp³-hybridized carbons (Fsp3) is 0.143. The minimum absolute atomic E-state index is 0.0425. The summed E-state index contributed by atoms with van der Waals surface area (Å²) >= 11 is 0. The minimum Gasteiger partial charge on any atom is -0.399 e. The number of anilines is 1. The zero-order chi connectivity index (χ0) is 13.0. The van der Waals surface area contributed by atoms with E-state index < -0.39 is 0 Å². The van der Waals surface area contributed by atoms with E-state index in [-0.39, 0.29) is 5.91 Å². The fourth-order valence-electron chi connectivity index (χ4n) is 1.73. The molecule has 4 nitrogen and oxygen atoms in total. The van der Waals surface area contributed by atoms with Crippen LogP contribution in [0.2, 0.25) is 0 Å². The highest BCUT2D eigenvalue weighted by molar-refractivity contribution is 5.94. The average molecular weight is 241 g/mol. The summed E-state index contributed by atoms with van der Waals surface area (Å²) < 4.78 is 0. The molecule has 0 aliphatic rings. The molecule has 0 aliphatic carbocycles. The predicted octanol–water partition coefficient (Wildman–Crippen LogP) is 1.94. The third-order valence-electron chi connectivity index (χ3n) is 2.65.